The Morgan fingerprint density at radius 1 is 1.12 bits per heavy atom. The first-order valence-electron chi connectivity index (χ1n) is 7.63. The van der Waals surface area contributed by atoms with Gasteiger partial charge in [0, 0.05) is 12.2 Å². The summed E-state index contributed by atoms with van der Waals surface area (Å²) in [6, 6.07) is 14.1. The van der Waals surface area contributed by atoms with Crippen LogP contribution in [0.5, 0.6) is 17.2 Å². The number of benzene rings is 2. The van der Waals surface area contributed by atoms with Crippen LogP contribution in [-0.2, 0) is 4.79 Å². The van der Waals surface area contributed by atoms with Gasteiger partial charge >= 0.3 is 0 Å². The monoisotopic (exact) mass is 330 g/mol. The van der Waals surface area contributed by atoms with Crippen molar-refractivity contribution in [2.45, 2.75) is 19.4 Å². The molecule has 6 heteroatoms. The molecule has 0 bridgehead atoms. The Labute approximate surface area is 141 Å². The molecule has 2 aromatic rings. The van der Waals surface area contributed by atoms with Gasteiger partial charge in [-0.3, -0.25) is 4.79 Å². The van der Waals surface area contributed by atoms with Crippen LogP contribution in [0.25, 0.3) is 0 Å². The molecular formula is C18H22N2O4. The smallest absolute Gasteiger partial charge is 0.263 e. The molecule has 0 aliphatic heterocycles. The average Bonchev–Trinajstić information content (AvgIpc) is 2.56. The van der Waals surface area contributed by atoms with E-state index in [2.05, 4.69) is 5.32 Å². The summed E-state index contributed by atoms with van der Waals surface area (Å²) in [7, 11) is 0. The number of ether oxygens (including phenoxy) is 2. The van der Waals surface area contributed by atoms with Gasteiger partial charge in [-0.05, 0) is 50.2 Å². The van der Waals surface area contributed by atoms with Crippen LogP contribution in [-0.4, -0.2) is 29.8 Å². The molecule has 0 aromatic heterocycles. The maximum absolute atomic E-state index is 12.1. The second-order valence-electron chi connectivity index (χ2n) is 5.71. The summed E-state index contributed by atoms with van der Waals surface area (Å²) in [5.74, 6) is 1.23. The van der Waals surface area contributed by atoms with E-state index in [1.165, 1.54) is 0 Å². The van der Waals surface area contributed by atoms with E-state index in [1.54, 1.807) is 56.3 Å². The quantitative estimate of drug-likeness (QED) is 0.677. The van der Waals surface area contributed by atoms with Gasteiger partial charge in [-0.1, -0.05) is 12.1 Å². The number of nitrogen functional groups attached to an aromatic ring is 1. The Morgan fingerprint density at radius 2 is 1.75 bits per heavy atom. The summed E-state index contributed by atoms with van der Waals surface area (Å²) in [4.78, 5) is 12.1. The van der Waals surface area contributed by atoms with Crippen molar-refractivity contribution in [2.75, 3.05) is 18.9 Å². The average molecular weight is 330 g/mol. The third kappa shape index (κ3) is 4.63. The minimum atomic E-state index is -1.12. The zero-order chi connectivity index (χ0) is 17.6. The molecular weight excluding hydrogens is 308 g/mol. The minimum absolute atomic E-state index is 0.126. The molecule has 0 saturated carbocycles. The van der Waals surface area contributed by atoms with E-state index < -0.39 is 5.60 Å². The summed E-state index contributed by atoms with van der Waals surface area (Å²) in [6.07, 6.45) is 0. The number of hydrogen-bond donors (Lipinski definition) is 3. The van der Waals surface area contributed by atoms with Gasteiger partial charge in [0.05, 0.1) is 6.61 Å². The predicted octanol–water partition coefficient (Wildman–Crippen LogP) is 2.33. The molecule has 6 nitrogen and oxygen atoms in total. The normalized spacial score (nSPS) is 11.0. The number of rotatable bonds is 7. The summed E-state index contributed by atoms with van der Waals surface area (Å²) in [5.41, 5.74) is 5.20. The van der Waals surface area contributed by atoms with Crippen LogP contribution in [0, 0.1) is 0 Å². The van der Waals surface area contributed by atoms with Gasteiger partial charge in [-0.25, -0.2) is 0 Å². The van der Waals surface area contributed by atoms with Crippen LogP contribution >= 0.6 is 0 Å². The van der Waals surface area contributed by atoms with Crippen LogP contribution in [0.3, 0.4) is 0 Å². The number of aliphatic hydroxyl groups excluding tert-OH is 1. The summed E-state index contributed by atoms with van der Waals surface area (Å²) in [6.45, 7) is 3.35. The van der Waals surface area contributed by atoms with Crippen molar-refractivity contribution in [1.82, 2.24) is 5.32 Å². The Kier molecular flexibility index (Phi) is 5.65. The second-order valence-corrected chi connectivity index (χ2v) is 5.71. The summed E-state index contributed by atoms with van der Waals surface area (Å²) >= 11 is 0. The summed E-state index contributed by atoms with van der Waals surface area (Å²) < 4.78 is 11.7. The molecule has 128 valence electrons. The molecule has 0 heterocycles. The highest BCUT2D eigenvalue weighted by atomic mass is 16.5. The number of nitrogens with two attached hydrogens (primary N) is 1. The molecule has 0 aliphatic rings. The van der Waals surface area contributed by atoms with Gasteiger partial charge in [-0.2, -0.15) is 0 Å². The van der Waals surface area contributed by atoms with E-state index in [0.717, 1.165) is 0 Å². The Hall–Kier alpha value is -2.73. The fourth-order valence-corrected chi connectivity index (χ4v) is 1.99. The number of nitrogens with one attached hydrogen (secondary N) is 1. The highest BCUT2D eigenvalue weighted by Crippen LogP contribution is 2.33. The molecule has 2 rings (SSSR count). The van der Waals surface area contributed by atoms with Gasteiger partial charge in [-0.15, -0.1) is 0 Å². The molecule has 0 aliphatic carbocycles. The molecule has 0 spiro atoms. The second kappa shape index (κ2) is 7.70. The molecule has 24 heavy (non-hydrogen) atoms. The molecule has 2 aromatic carbocycles. The van der Waals surface area contributed by atoms with E-state index in [-0.39, 0.29) is 19.1 Å². The third-order valence-corrected chi connectivity index (χ3v) is 3.27. The van der Waals surface area contributed by atoms with E-state index in [9.17, 15) is 4.79 Å². The van der Waals surface area contributed by atoms with Gasteiger partial charge < -0.3 is 25.6 Å². The number of amides is 1. The number of hydrogen-bond acceptors (Lipinski definition) is 5. The molecule has 0 saturated heterocycles. The fourth-order valence-electron chi connectivity index (χ4n) is 1.99. The molecule has 0 radical (unpaired) electrons. The standard InChI is InChI=1S/C18H22N2O4/c1-18(2,17(22)20-11-12-21)24-16-6-4-3-5-15(16)23-14-9-7-13(19)8-10-14/h3-10,21H,11-12,19H2,1-2H3,(H,20,22). The lowest BCUT2D eigenvalue weighted by Crippen LogP contribution is -2.47. The first-order valence-corrected chi connectivity index (χ1v) is 7.63. The Bertz CT molecular complexity index is 684. The molecule has 0 atom stereocenters. The van der Waals surface area contributed by atoms with Gasteiger partial charge in [0.15, 0.2) is 17.1 Å². The number of aliphatic hydroxyl groups is 1. The molecule has 0 unspecified atom stereocenters. The van der Waals surface area contributed by atoms with Crippen molar-refractivity contribution in [3.05, 3.63) is 48.5 Å². The van der Waals surface area contributed by atoms with Crippen LogP contribution in [0.4, 0.5) is 5.69 Å². The van der Waals surface area contributed by atoms with Crippen molar-refractivity contribution in [2.24, 2.45) is 0 Å². The van der Waals surface area contributed by atoms with Crippen molar-refractivity contribution in [1.29, 1.82) is 0 Å². The van der Waals surface area contributed by atoms with E-state index >= 15 is 0 Å². The lowest BCUT2D eigenvalue weighted by atomic mass is 10.1. The van der Waals surface area contributed by atoms with Crippen LogP contribution < -0.4 is 20.5 Å². The lowest BCUT2D eigenvalue weighted by Gasteiger charge is -2.26. The fraction of sp³-hybridized carbons (Fsp3) is 0.278. The number of para-hydroxylation sites is 2. The van der Waals surface area contributed by atoms with Crippen molar-refractivity contribution < 1.29 is 19.4 Å². The zero-order valence-electron chi connectivity index (χ0n) is 13.8. The molecule has 4 N–H and O–H groups in total. The van der Waals surface area contributed by atoms with Crippen LogP contribution in [0.1, 0.15) is 13.8 Å². The van der Waals surface area contributed by atoms with Crippen LogP contribution in [0.2, 0.25) is 0 Å². The number of carbonyl (C=O) groups excluding carboxylic acids is 1. The predicted molar refractivity (Wildman–Crippen MR) is 92.2 cm³/mol. The van der Waals surface area contributed by atoms with Gasteiger partial charge in [0.1, 0.15) is 5.75 Å². The zero-order valence-corrected chi connectivity index (χ0v) is 13.8. The first-order chi connectivity index (χ1) is 11.4. The van der Waals surface area contributed by atoms with Gasteiger partial charge in [0.2, 0.25) is 0 Å². The highest BCUT2D eigenvalue weighted by molar-refractivity contribution is 5.84. The van der Waals surface area contributed by atoms with E-state index in [4.69, 9.17) is 20.3 Å². The number of anilines is 1. The van der Waals surface area contributed by atoms with Crippen molar-refractivity contribution in [3.63, 3.8) is 0 Å². The van der Waals surface area contributed by atoms with Crippen molar-refractivity contribution >= 4 is 11.6 Å². The highest BCUT2D eigenvalue weighted by Gasteiger charge is 2.30. The van der Waals surface area contributed by atoms with E-state index in [1.807, 2.05) is 6.07 Å². The van der Waals surface area contributed by atoms with Crippen LogP contribution in [0.15, 0.2) is 48.5 Å². The number of carbonyl (C=O) groups is 1. The SMILES string of the molecule is CC(C)(Oc1ccccc1Oc1ccc(N)cc1)C(=O)NCCO. The van der Waals surface area contributed by atoms with E-state index in [0.29, 0.717) is 22.9 Å². The van der Waals surface area contributed by atoms with Gasteiger partial charge in [0.25, 0.3) is 5.91 Å². The summed E-state index contributed by atoms with van der Waals surface area (Å²) in [5, 5.41) is 11.4. The Morgan fingerprint density at radius 3 is 2.38 bits per heavy atom. The Balaban J connectivity index is 2.16. The first kappa shape index (κ1) is 17.6. The third-order valence-electron chi connectivity index (χ3n) is 3.27. The maximum Gasteiger partial charge on any atom is 0.263 e. The largest absolute Gasteiger partial charge is 0.474 e. The molecule has 0 fully saturated rings. The topological polar surface area (TPSA) is 93.8 Å². The van der Waals surface area contributed by atoms with Crippen molar-refractivity contribution in [3.8, 4) is 17.2 Å². The maximum atomic E-state index is 12.1. The lowest BCUT2D eigenvalue weighted by molar-refractivity contribution is -0.134. The molecule has 1 amide bonds. The minimum Gasteiger partial charge on any atom is -0.474 e.